The number of rotatable bonds is 0. The van der Waals surface area contributed by atoms with Crippen molar-refractivity contribution in [2.45, 2.75) is 12.8 Å². The molecular weight excluding hydrogens is 148 g/mol. The maximum atomic E-state index is 11.2. The van der Waals surface area contributed by atoms with Gasteiger partial charge in [-0.3, -0.25) is 4.79 Å². The summed E-state index contributed by atoms with van der Waals surface area (Å²) < 4.78 is 0. The Balaban J connectivity index is 2.46. The number of ketones is 1. The van der Waals surface area contributed by atoms with E-state index in [0.717, 1.165) is 18.4 Å². The predicted octanol–water partition coefficient (Wildman–Crippen LogP) is 2.33. The molecule has 2 aliphatic rings. The van der Waals surface area contributed by atoms with Crippen LogP contribution in [0.2, 0.25) is 0 Å². The van der Waals surface area contributed by atoms with Crippen molar-refractivity contribution in [1.29, 1.82) is 0 Å². The molecule has 12 heavy (non-hydrogen) atoms. The van der Waals surface area contributed by atoms with Crippen molar-refractivity contribution in [1.82, 2.24) is 0 Å². The van der Waals surface area contributed by atoms with Gasteiger partial charge in [0, 0.05) is 5.57 Å². The van der Waals surface area contributed by atoms with Crippen LogP contribution in [0.4, 0.5) is 0 Å². The smallest absolute Gasteiger partial charge is 0.185 e. The van der Waals surface area contributed by atoms with E-state index in [4.69, 9.17) is 0 Å². The van der Waals surface area contributed by atoms with Crippen molar-refractivity contribution in [3.05, 3.63) is 47.6 Å². The molecule has 0 aromatic rings. The van der Waals surface area contributed by atoms with Gasteiger partial charge in [0.2, 0.25) is 0 Å². The van der Waals surface area contributed by atoms with Gasteiger partial charge in [-0.25, -0.2) is 0 Å². The van der Waals surface area contributed by atoms with E-state index in [9.17, 15) is 4.79 Å². The van der Waals surface area contributed by atoms with E-state index in [-0.39, 0.29) is 5.78 Å². The molecule has 0 atom stereocenters. The van der Waals surface area contributed by atoms with Crippen LogP contribution in [0.1, 0.15) is 12.8 Å². The van der Waals surface area contributed by atoms with Crippen LogP contribution in [0, 0.1) is 0 Å². The SMILES string of the molecule is C=C1C=C2CCC=CC2=CC1=O. The van der Waals surface area contributed by atoms with Crippen LogP contribution >= 0.6 is 0 Å². The molecule has 0 aliphatic heterocycles. The van der Waals surface area contributed by atoms with Gasteiger partial charge in [0.1, 0.15) is 0 Å². The van der Waals surface area contributed by atoms with E-state index < -0.39 is 0 Å². The van der Waals surface area contributed by atoms with E-state index in [1.165, 1.54) is 5.57 Å². The minimum Gasteiger partial charge on any atom is -0.289 e. The van der Waals surface area contributed by atoms with Crippen LogP contribution in [0.5, 0.6) is 0 Å². The zero-order valence-electron chi connectivity index (χ0n) is 6.84. The molecule has 0 heterocycles. The predicted molar refractivity (Wildman–Crippen MR) is 48.7 cm³/mol. The van der Waals surface area contributed by atoms with Gasteiger partial charge < -0.3 is 0 Å². The van der Waals surface area contributed by atoms with Gasteiger partial charge >= 0.3 is 0 Å². The second-order valence-electron chi connectivity index (χ2n) is 3.10. The van der Waals surface area contributed by atoms with Crippen LogP contribution < -0.4 is 0 Å². The molecule has 1 heteroatoms. The minimum absolute atomic E-state index is 0.0419. The summed E-state index contributed by atoms with van der Waals surface area (Å²) in [6.45, 7) is 3.69. The molecule has 0 saturated carbocycles. The van der Waals surface area contributed by atoms with E-state index in [1.807, 2.05) is 12.2 Å². The highest BCUT2D eigenvalue weighted by molar-refractivity contribution is 6.08. The summed E-state index contributed by atoms with van der Waals surface area (Å²) in [5, 5.41) is 0. The van der Waals surface area contributed by atoms with Crippen molar-refractivity contribution in [3.63, 3.8) is 0 Å². The fourth-order valence-electron chi connectivity index (χ4n) is 1.51. The molecule has 0 spiro atoms. The Morgan fingerprint density at radius 2 is 2.17 bits per heavy atom. The second kappa shape index (κ2) is 2.59. The highest BCUT2D eigenvalue weighted by Gasteiger charge is 2.15. The summed E-state index contributed by atoms with van der Waals surface area (Å²) in [5.41, 5.74) is 2.94. The zero-order chi connectivity index (χ0) is 8.55. The first-order valence-corrected chi connectivity index (χ1v) is 4.10. The number of allylic oxidation sites excluding steroid dienone is 7. The Bertz CT molecular complexity index is 340. The Morgan fingerprint density at radius 1 is 1.33 bits per heavy atom. The molecule has 0 fully saturated rings. The molecule has 0 aromatic carbocycles. The first-order chi connectivity index (χ1) is 5.77. The number of carbonyl (C=O) groups is 1. The van der Waals surface area contributed by atoms with E-state index in [0.29, 0.717) is 5.57 Å². The van der Waals surface area contributed by atoms with Crippen LogP contribution in [0.15, 0.2) is 47.6 Å². The summed E-state index contributed by atoms with van der Waals surface area (Å²) in [6, 6.07) is 0. The fraction of sp³-hybridized carbons (Fsp3) is 0.182. The van der Waals surface area contributed by atoms with Crippen molar-refractivity contribution in [2.75, 3.05) is 0 Å². The molecule has 0 N–H and O–H groups in total. The van der Waals surface area contributed by atoms with E-state index >= 15 is 0 Å². The summed E-state index contributed by atoms with van der Waals surface area (Å²) in [6.07, 6.45) is 9.80. The lowest BCUT2D eigenvalue weighted by Crippen LogP contribution is -2.06. The topological polar surface area (TPSA) is 17.1 Å². The number of hydrogen-bond donors (Lipinski definition) is 0. The molecule has 60 valence electrons. The number of hydrogen-bond acceptors (Lipinski definition) is 1. The maximum Gasteiger partial charge on any atom is 0.185 e. The third-order valence-corrected chi connectivity index (χ3v) is 2.20. The Morgan fingerprint density at radius 3 is 3.00 bits per heavy atom. The summed E-state index contributed by atoms with van der Waals surface area (Å²) in [7, 11) is 0. The molecule has 1 nitrogen and oxygen atoms in total. The van der Waals surface area contributed by atoms with Crippen LogP contribution in [-0.4, -0.2) is 5.78 Å². The molecule has 0 amide bonds. The standard InChI is InChI=1S/C11H10O/c1-8-6-9-4-2-3-5-10(9)7-11(8)12/h3,5-7H,1-2,4H2. The largest absolute Gasteiger partial charge is 0.289 e. The van der Waals surface area contributed by atoms with Gasteiger partial charge in [-0.05, 0) is 36.1 Å². The van der Waals surface area contributed by atoms with Gasteiger partial charge in [-0.2, -0.15) is 0 Å². The highest BCUT2D eigenvalue weighted by atomic mass is 16.1. The first kappa shape index (κ1) is 7.29. The monoisotopic (exact) mass is 158 g/mol. The van der Waals surface area contributed by atoms with E-state index in [2.05, 4.69) is 12.7 Å². The average molecular weight is 158 g/mol. The van der Waals surface area contributed by atoms with Gasteiger partial charge in [0.15, 0.2) is 5.78 Å². The minimum atomic E-state index is 0.0419. The van der Waals surface area contributed by atoms with Gasteiger partial charge in [-0.15, -0.1) is 0 Å². The second-order valence-corrected chi connectivity index (χ2v) is 3.10. The maximum absolute atomic E-state index is 11.2. The lowest BCUT2D eigenvalue weighted by molar-refractivity contribution is -0.111. The molecule has 0 radical (unpaired) electrons. The van der Waals surface area contributed by atoms with Crippen molar-refractivity contribution in [3.8, 4) is 0 Å². The lowest BCUT2D eigenvalue weighted by Gasteiger charge is -2.16. The molecule has 0 aromatic heterocycles. The Hall–Kier alpha value is -1.37. The van der Waals surface area contributed by atoms with E-state index in [1.54, 1.807) is 6.08 Å². The van der Waals surface area contributed by atoms with Crippen LogP contribution in [-0.2, 0) is 4.79 Å². The quantitative estimate of drug-likeness (QED) is 0.494. The van der Waals surface area contributed by atoms with Crippen molar-refractivity contribution < 1.29 is 4.79 Å². The molecule has 2 aliphatic carbocycles. The molecule has 0 unspecified atom stereocenters. The fourth-order valence-corrected chi connectivity index (χ4v) is 1.51. The highest BCUT2D eigenvalue weighted by Crippen LogP contribution is 2.27. The third kappa shape index (κ3) is 1.07. The van der Waals surface area contributed by atoms with Gasteiger partial charge in [0.25, 0.3) is 0 Å². The summed E-state index contributed by atoms with van der Waals surface area (Å²) in [5.74, 6) is 0.0419. The zero-order valence-corrected chi connectivity index (χ0v) is 6.84. The van der Waals surface area contributed by atoms with Gasteiger partial charge in [0.05, 0.1) is 0 Å². The van der Waals surface area contributed by atoms with Crippen LogP contribution in [0.3, 0.4) is 0 Å². The molecule has 2 rings (SSSR count). The average Bonchev–Trinajstić information content (AvgIpc) is 2.07. The molecule has 0 saturated heterocycles. The molecular formula is C11H10O. The van der Waals surface area contributed by atoms with Crippen molar-refractivity contribution in [2.24, 2.45) is 0 Å². The van der Waals surface area contributed by atoms with Crippen LogP contribution in [0.25, 0.3) is 0 Å². The Kier molecular flexibility index (Phi) is 1.58. The number of carbonyl (C=O) groups excluding carboxylic acids is 1. The molecule has 0 bridgehead atoms. The summed E-state index contributed by atoms with van der Waals surface area (Å²) >= 11 is 0. The lowest BCUT2D eigenvalue weighted by atomic mass is 9.88. The Labute approximate surface area is 71.8 Å². The number of fused-ring (bicyclic) bond motifs is 1. The third-order valence-electron chi connectivity index (χ3n) is 2.20. The van der Waals surface area contributed by atoms with Gasteiger partial charge in [-0.1, -0.05) is 18.7 Å². The summed E-state index contributed by atoms with van der Waals surface area (Å²) in [4.78, 5) is 11.2. The van der Waals surface area contributed by atoms with Crippen molar-refractivity contribution >= 4 is 5.78 Å². The first-order valence-electron chi connectivity index (χ1n) is 4.10. The normalized spacial score (nSPS) is 21.7.